The molecule has 9 rings (SSSR count). The van der Waals surface area contributed by atoms with Crippen LogP contribution in [-0.4, -0.2) is 9.38 Å². The molecule has 0 aliphatic heterocycles. The number of nitrogens with zero attached hydrogens (tertiary/aromatic N) is 2. The van der Waals surface area contributed by atoms with Gasteiger partial charge < -0.3 is 4.40 Å². The highest BCUT2D eigenvalue weighted by molar-refractivity contribution is 6.22. The van der Waals surface area contributed by atoms with Gasteiger partial charge in [0.2, 0.25) is 0 Å². The maximum absolute atomic E-state index is 4.84. The van der Waals surface area contributed by atoms with Crippen molar-refractivity contribution in [2.45, 2.75) is 0 Å². The molecule has 2 heterocycles. The highest BCUT2D eigenvalue weighted by Crippen LogP contribution is 2.44. The van der Waals surface area contributed by atoms with Crippen molar-refractivity contribution in [3.05, 3.63) is 158 Å². The van der Waals surface area contributed by atoms with E-state index in [4.69, 9.17) is 4.98 Å². The fourth-order valence-corrected chi connectivity index (χ4v) is 6.73. The van der Waals surface area contributed by atoms with Crippen LogP contribution in [0, 0.1) is 0 Å². The van der Waals surface area contributed by atoms with Crippen LogP contribution in [0.1, 0.15) is 0 Å². The molecule has 2 nitrogen and oxygen atoms in total. The Kier molecular flexibility index (Phi) is 5.23. The molecule has 0 fully saturated rings. The molecule has 0 unspecified atom stereocenters. The molecule has 7 aromatic carbocycles. The predicted octanol–water partition coefficient (Wildman–Crippen LogP) is 10.9. The summed E-state index contributed by atoms with van der Waals surface area (Å²) in [5, 5.41) is 10.0. The fourth-order valence-electron chi connectivity index (χ4n) is 6.73. The third kappa shape index (κ3) is 3.84. The second-order valence-corrected chi connectivity index (χ2v) is 11.3. The zero-order valence-electron chi connectivity index (χ0n) is 23.4. The highest BCUT2D eigenvalue weighted by Gasteiger charge is 2.17. The average Bonchev–Trinajstić information content (AvgIpc) is 3.51. The molecule has 43 heavy (non-hydrogen) atoms. The largest absolute Gasteiger partial charge is 0.306 e. The van der Waals surface area contributed by atoms with E-state index in [2.05, 4.69) is 138 Å². The summed E-state index contributed by atoms with van der Waals surface area (Å²) in [6.07, 6.45) is 4.14. The van der Waals surface area contributed by atoms with Gasteiger partial charge in [0.05, 0.1) is 5.69 Å². The van der Waals surface area contributed by atoms with Gasteiger partial charge in [0.1, 0.15) is 5.65 Å². The van der Waals surface area contributed by atoms with Gasteiger partial charge in [0, 0.05) is 18.0 Å². The van der Waals surface area contributed by atoms with Crippen LogP contribution >= 0.6 is 0 Å². The van der Waals surface area contributed by atoms with Crippen LogP contribution in [0.25, 0.3) is 82.2 Å². The molecule has 0 aliphatic rings. The molecule has 9 aromatic rings. The normalized spacial score (nSPS) is 11.7. The Morgan fingerprint density at radius 3 is 1.47 bits per heavy atom. The first kappa shape index (κ1) is 23.9. The molecule has 200 valence electrons. The van der Waals surface area contributed by atoms with Crippen LogP contribution < -0.4 is 0 Å². The van der Waals surface area contributed by atoms with Gasteiger partial charge in [-0.05, 0) is 95.7 Å². The molecular formula is C41H26N2. The van der Waals surface area contributed by atoms with E-state index in [-0.39, 0.29) is 0 Å². The van der Waals surface area contributed by atoms with Gasteiger partial charge in [-0.25, -0.2) is 4.98 Å². The summed E-state index contributed by atoms with van der Waals surface area (Å²) < 4.78 is 2.07. The lowest BCUT2D eigenvalue weighted by molar-refractivity contribution is 1.19. The van der Waals surface area contributed by atoms with E-state index in [1.54, 1.807) is 0 Å². The summed E-state index contributed by atoms with van der Waals surface area (Å²) in [6.45, 7) is 0. The Bertz CT molecular complexity index is 2430. The van der Waals surface area contributed by atoms with E-state index in [0.29, 0.717) is 0 Å². The molecule has 2 heteroatoms. The Balaban J connectivity index is 1.25. The number of aromatic nitrogens is 2. The van der Waals surface area contributed by atoms with Gasteiger partial charge in [-0.3, -0.25) is 0 Å². The van der Waals surface area contributed by atoms with Crippen LogP contribution in [0.5, 0.6) is 0 Å². The van der Waals surface area contributed by atoms with E-state index < -0.39 is 0 Å². The van der Waals surface area contributed by atoms with Gasteiger partial charge in [-0.2, -0.15) is 0 Å². The summed E-state index contributed by atoms with van der Waals surface area (Å²) in [6, 6.07) is 52.8. The third-order valence-corrected chi connectivity index (χ3v) is 8.76. The van der Waals surface area contributed by atoms with Crippen molar-refractivity contribution < 1.29 is 0 Å². The quantitative estimate of drug-likeness (QED) is 0.201. The van der Waals surface area contributed by atoms with Gasteiger partial charge in [-0.1, -0.05) is 115 Å². The summed E-state index contributed by atoms with van der Waals surface area (Å²) in [7, 11) is 0. The standard InChI is InChI=1S/C41H26N2/c1-2-10-28-24-32(20-16-27(28)9-1)40-34-11-3-5-13-36(34)41(37-14-6-4-12-35(37)40)33-21-18-29-23-31(19-17-30(29)25-33)38-26-43-22-8-7-15-39(43)42-38/h1-26H. The maximum atomic E-state index is 4.84. The van der Waals surface area contributed by atoms with Gasteiger partial charge in [0.25, 0.3) is 0 Å². The molecule has 0 N–H and O–H groups in total. The van der Waals surface area contributed by atoms with E-state index in [1.807, 2.05) is 24.4 Å². The number of hydrogen-bond acceptors (Lipinski definition) is 1. The molecule has 0 spiro atoms. The number of benzene rings is 7. The third-order valence-electron chi connectivity index (χ3n) is 8.76. The Labute approximate surface area is 249 Å². The average molecular weight is 547 g/mol. The summed E-state index contributed by atoms with van der Waals surface area (Å²) in [5.41, 5.74) is 8.11. The Morgan fingerprint density at radius 2 is 0.860 bits per heavy atom. The predicted molar refractivity (Wildman–Crippen MR) is 182 cm³/mol. The molecule has 2 aromatic heterocycles. The number of pyridine rings is 1. The summed E-state index contributed by atoms with van der Waals surface area (Å²) in [5.74, 6) is 0. The minimum absolute atomic E-state index is 0.957. The lowest BCUT2D eigenvalue weighted by atomic mass is 9.85. The minimum Gasteiger partial charge on any atom is -0.306 e. The van der Waals surface area contributed by atoms with Crippen molar-refractivity contribution in [1.29, 1.82) is 0 Å². The monoisotopic (exact) mass is 546 g/mol. The van der Waals surface area contributed by atoms with Crippen molar-refractivity contribution in [3.63, 3.8) is 0 Å². The van der Waals surface area contributed by atoms with Crippen LogP contribution in [0.4, 0.5) is 0 Å². The van der Waals surface area contributed by atoms with Crippen LogP contribution in [0.2, 0.25) is 0 Å². The zero-order valence-corrected chi connectivity index (χ0v) is 23.4. The van der Waals surface area contributed by atoms with Crippen molar-refractivity contribution in [3.8, 4) is 33.5 Å². The van der Waals surface area contributed by atoms with Crippen molar-refractivity contribution in [2.24, 2.45) is 0 Å². The molecule has 0 bridgehead atoms. The smallest absolute Gasteiger partial charge is 0.137 e. The fraction of sp³-hybridized carbons (Fsp3) is 0. The van der Waals surface area contributed by atoms with E-state index >= 15 is 0 Å². The van der Waals surface area contributed by atoms with Crippen LogP contribution in [-0.2, 0) is 0 Å². The topological polar surface area (TPSA) is 17.3 Å². The number of imidazole rings is 1. The number of rotatable bonds is 3. The molecule has 0 amide bonds. The molecular weight excluding hydrogens is 520 g/mol. The minimum atomic E-state index is 0.957. The molecule has 0 aliphatic carbocycles. The number of fused-ring (bicyclic) bond motifs is 5. The first-order chi connectivity index (χ1) is 21.3. The molecule has 0 radical (unpaired) electrons. The van der Waals surface area contributed by atoms with Gasteiger partial charge in [-0.15, -0.1) is 0 Å². The Morgan fingerprint density at radius 1 is 0.395 bits per heavy atom. The van der Waals surface area contributed by atoms with Gasteiger partial charge in [0.15, 0.2) is 0 Å². The molecule has 0 saturated heterocycles. The molecule has 0 atom stereocenters. The number of hydrogen-bond donors (Lipinski definition) is 0. The summed E-state index contributed by atoms with van der Waals surface area (Å²) >= 11 is 0. The second kappa shape index (κ2) is 9.40. The van der Waals surface area contributed by atoms with E-state index in [0.717, 1.165) is 16.9 Å². The van der Waals surface area contributed by atoms with Crippen LogP contribution in [0.3, 0.4) is 0 Å². The van der Waals surface area contributed by atoms with E-state index in [1.165, 1.54) is 65.3 Å². The first-order valence-electron chi connectivity index (χ1n) is 14.7. The van der Waals surface area contributed by atoms with Gasteiger partial charge >= 0.3 is 0 Å². The van der Waals surface area contributed by atoms with Crippen molar-refractivity contribution in [1.82, 2.24) is 9.38 Å². The Hall–Kier alpha value is -5.73. The second-order valence-electron chi connectivity index (χ2n) is 11.3. The first-order valence-corrected chi connectivity index (χ1v) is 14.7. The van der Waals surface area contributed by atoms with Crippen molar-refractivity contribution >= 4 is 48.7 Å². The van der Waals surface area contributed by atoms with Crippen LogP contribution in [0.15, 0.2) is 158 Å². The zero-order chi connectivity index (χ0) is 28.3. The lowest BCUT2D eigenvalue weighted by Crippen LogP contribution is -1.91. The van der Waals surface area contributed by atoms with E-state index in [9.17, 15) is 0 Å². The maximum Gasteiger partial charge on any atom is 0.137 e. The SMILES string of the molecule is c1ccc2cc(-c3c4ccccc4c(-c4ccc5cc(-c6cn7ccccc7n6)ccc5c4)c4ccccc34)ccc2c1. The lowest BCUT2D eigenvalue weighted by Gasteiger charge is -2.18. The molecule has 0 saturated carbocycles. The highest BCUT2D eigenvalue weighted by atomic mass is 15.0. The van der Waals surface area contributed by atoms with Crippen molar-refractivity contribution in [2.75, 3.05) is 0 Å². The summed E-state index contributed by atoms with van der Waals surface area (Å²) in [4.78, 5) is 4.84.